The molecule has 0 radical (unpaired) electrons. The van der Waals surface area contributed by atoms with E-state index in [9.17, 15) is 38.4 Å². The van der Waals surface area contributed by atoms with Crippen LogP contribution in [-0.4, -0.2) is 80.2 Å². The first-order chi connectivity index (χ1) is 18.6. The highest BCUT2D eigenvalue weighted by Gasteiger charge is 2.40. The van der Waals surface area contributed by atoms with Crippen LogP contribution in [0.25, 0.3) is 0 Å². The number of nitrogens with zero attached hydrogens (tertiary/aromatic N) is 4. The standard InChI is InChI=1S/C27H16N4O8/c32-20-5-6-21(33)28(20)12-30-24(36)16-3-1-14(10-18(16)26(30)38)9-15-2-4-17-19(11-15)27(39)31(25(17)37)13-29-22(34)7-8-23(29)35/h1-8,10-11H,9,12-13H2. The Balaban J connectivity index is 1.20. The Labute approximate surface area is 219 Å². The predicted molar refractivity (Wildman–Crippen MR) is 128 cm³/mol. The van der Waals surface area contributed by atoms with Gasteiger partial charge in [-0.15, -0.1) is 0 Å². The van der Waals surface area contributed by atoms with Gasteiger partial charge in [0.2, 0.25) is 0 Å². The summed E-state index contributed by atoms with van der Waals surface area (Å²) in [5.74, 6) is -5.00. The van der Waals surface area contributed by atoms with Crippen LogP contribution in [0.1, 0.15) is 52.6 Å². The molecule has 4 aliphatic rings. The van der Waals surface area contributed by atoms with Crippen LogP contribution in [0.2, 0.25) is 0 Å². The molecule has 0 spiro atoms. The first kappa shape index (κ1) is 23.9. The van der Waals surface area contributed by atoms with Crippen molar-refractivity contribution in [3.05, 3.63) is 94.1 Å². The highest BCUT2D eigenvalue weighted by molar-refractivity contribution is 6.23. The lowest BCUT2D eigenvalue weighted by Gasteiger charge is -2.20. The number of hydrogen-bond donors (Lipinski definition) is 0. The number of carbonyl (C=O) groups excluding carboxylic acids is 8. The summed E-state index contributed by atoms with van der Waals surface area (Å²) in [6.45, 7) is -0.983. The molecule has 0 unspecified atom stereocenters. The molecule has 0 aliphatic carbocycles. The zero-order valence-corrected chi connectivity index (χ0v) is 19.9. The van der Waals surface area contributed by atoms with E-state index < -0.39 is 60.6 Å². The number of amides is 8. The third-order valence-electron chi connectivity index (χ3n) is 6.85. The smallest absolute Gasteiger partial charge is 0.263 e. The van der Waals surface area contributed by atoms with Crippen LogP contribution in [0.4, 0.5) is 0 Å². The van der Waals surface area contributed by atoms with Crippen molar-refractivity contribution in [3.63, 3.8) is 0 Å². The molecule has 39 heavy (non-hydrogen) atoms. The molecule has 2 aromatic carbocycles. The maximum Gasteiger partial charge on any atom is 0.263 e. The second-order valence-electron chi connectivity index (χ2n) is 9.17. The zero-order valence-electron chi connectivity index (χ0n) is 19.9. The van der Waals surface area contributed by atoms with E-state index in [2.05, 4.69) is 0 Å². The van der Waals surface area contributed by atoms with E-state index in [0.717, 1.165) is 43.9 Å². The van der Waals surface area contributed by atoms with E-state index in [-0.39, 0.29) is 28.7 Å². The molecule has 8 amide bonds. The SMILES string of the molecule is O=C1C=CC(=O)N1CN1C(=O)c2ccc(Cc3ccc4c(c3)C(=O)N(CN3C(=O)C=CC3=O)C4=O)cc2C1=O. The fraction of sp³-hybridized carbons (Fsp3) is 0.111. The molecule has 12 nitrogen and oxygen atoms in total. The number of fused-ring (bicyclic) bond motifs is 2. The van der Waals surface area contributed by atoms with Gasteiger partial charge in [0, 0.05) is 24.3 Å². The van der Waals surface area contributed by atoms with E-state index in [1.807, 2.05) is 0 Å². The third-order valence-corrected chi connectivity index (χ3v) is 6.85. The van der Waals surface area contributed by atoms with Gasteiger partial charge in [-0.3, -0.25) is 58.0 Å². The molecular formula is C27H16N4O8. The van der Waals surface area contributed by atoms with E-state index in [1.165, 1.54) is 24.3 Å². The summed E-state index contributed by atoms with van der Waals surface area (Å²) < 4.78 is 0. The normalized spacial score (nSPS) is 18.1. The molecule has 0 N–H and O–H groups in total. The maximum atomic E-state index is 13.0. The van der Waals surface area contributed by atoms with Crippen molar-refractivity contribution in [1.82, 2.24) is 19.6 Å². The highest BCUT2D eigenvalue weighted by atomic mass is 16.2. The first-order valence-corrected chi connectivity index (χ1v) is 11.7. The summed E-state index contributed by atoms with van der Waals surface area (Å²) in [7, 11) is 0. The van der Waals surface area contributed by atoms with Gasteiger partial charge in [-0.05, 0) is 41.8 Å². The molecule has 0 saturated carbocycles. The van der Waals surface area contributed by atoms with Crippen LogP contribution >= 0.6 is 0 Å². The molecule has 12 heteroatoms. The van der Waals surface area contributed by atoms with E-state index >= 15 is 0 Å². The molecule has 0 atom stereocenters. The Morgan fingerprint density at radius 1 is 0.410 bits per heavy atom. The molecule has 4 heterocycles. The van der Waals surface area contributed by atoms with Gasteiger partial charge < -0.3 is 0 Å². The van der Waals surface area contributed by atoms with Crippen molar-refractivity contribution in [3.8, 4) is 0 Å². The van der Waals surface area contributed by atoms with Crippen molar-refractivity contribution in [2.45, 2.75) is 6.42 Å². The monoisotopic (exact) mass is 524 g/mol. The lowest BCUT2D eigenvalue weighted by Crippen LogP contribution is -2.43. The second-order valence-corrected chi connectivity index (χ2v) is 9.17. The molecule has 2 aromatic rings. The average molecular weight is 524 g/mol. The van der Waals surface area contributed by atoms with Crippen LogP contribution in [0.5, 0.6) is 0 Å². The van der Waals surface area contributed by atoms with Gasteiger partial charge in [-0.1, -0.05) is 12.1 Å². The summed E-state index contributed by atoms with van der Waals surface area (Å²) >= 11 is 0. The van der Waals surface area contributed by atoms with E-state index in [1.54, 1.807) is 12.1 Å². The number of carbonyl (C=O) groups is 8. The van der Waals surface area contributed by atoms with Crippen molar-refractivity contribution in [2.75, 3.05) is 13.3 Å². The van der Waals surface area contributed by atoms with Crippen LogP contribution in [0, 0.1) is 0 Å². The molecule has 0 saturated heterocycles. The van der Waals surface area contributed by atoms with Crippen molar-refractivity contribution >= 4 is 47.3 Å². The Hall–Kier alpha value is -5.52. The zero-order chi connectivity index (χ0) is 27.6. The fourth-order valence-corrected chi connectivity index (χ4v) is 4.81. The lowest BCUT2D eigenvalue weighted by molar-refractivity contribution is -0.139. The van der Waals surface area contributed by atoms with Gasteiger partial charge in [0.15, 0.2) is 0 Å². The topological polar surface area (TPSA) is 150 Å². The summed E-state index contributed by atoms with van der Waals surface area (Å²) in [4.78, 5) is 102. The largest absolute Gasteiger partial charge is 0.269 e. The maximum absolute atomic E-state index is 13.0. The first-order valence-electron chi connectivity index (χ1n) is 11.7. The predicted octanol–water partition coefficient (Wildman–Crippen LogP) is 0.234. The molecule has 0 aromatic heterocycles. The Kier molecular flexibility index (Phi) is 5.21. The minimum Gasteiger partial charge on any atom is -0.269 e. The Bertz CT molecular complexity index is 1510. The van der Waals surface area contributed by atoms with Gasteiger partial charge in [0.25, 0.3) is 47.3 Å². The number of rotatable bonds is 6. The van der Waals surface area contributed by atoms with Crippen LogP contribution in [0.3, 0.4) is 0 Å². The summed E-state index contributed by atoms with van der Waals surface area (Å²) in [6.07, 6.45) is 4.51. The second kappa shape index (κ2) is 8.52. The average Bonchev–Trinajstić information content (AvgIpc) is 3.56. The minimum absolute atomic E-state index is 0.122. The highest BCUT2D eigenvalue weighted by Crippen LogP contribution is 2.28. The number of hydrogen-bond acceptors (Lipinski definition) is 8. The summed E-state index contributed by atoms with van der Waals surface area (Å²) in [6, 6.07) is 9.32. The number of imide groups is 4. The molecule has 0 bridgehead atoms. The van der Waals surface area contributed by atoms with Crippen molar-refractivity contribution in [1.29, 1.82) is 0 Å². The van der Waals surface area contributed by atoms with Crippen molar-refractivity contribution < 1.29 is 38.4 Å². The molecule has 6 rings (SSSR count). The summed E-state index contributed by atoms with van der Waals surface area (Å²) in [5, 5.41) is 0. The van der Waals surface area contributed by atoms with E-state index in [0.29, 0.717) is 11.1 Å². The third kappa shape index (κ3) is 3.69. The Morgan fingerprint density at radius 2 is 0.744 bits per heavy atom. The van der Waals surface area contributed by atoms with Gasteiger partial charge in [-0.2, -0.15) is 0 Å². The fourth-order valence-electron chi connectivity index (χ4n) is 4.81. The lowest BCUT2D eigenvalue weighted by atomic mass is 9.98. The molecule has 4 aliphatic heterocycles. The minimum atomic E-state index is -0.643. The number of benzene rings is 2. The molecule has 192 valence electrons. The van der Waals surface area contributed by atoms with E-state index in [4.69, 9.17) is 0 Å². The molecule has 0 fully saturated rings. The van der Waals surface area contributed by atoms with Crippen LogP contribution < -0.4 is 0 Å². The van der Waals surface area contributed by atoms with Gasteiger partial charge in [0.05, 0.1) is 22.3 Å². The quantitative estimate of drug-likeness (QED) is 0.488. The van der Waals surface area contributed by atoms with Gasteiger partial charge in [-0.25, -0.2) is 0 Å². The van der Waals surface area contributed by atoms with Gasteiger partial charge >= 0.3 is 0 Å². The summed E-state index contributed by atoms with van der Waals surface area (Å²) in [5.41, 5.74) is 1.80. The van der Waals surface area contributed by atoms with Crippen molar-refractivity contribution in [2.24, 2.45) is 0 Å². The Morgan fingerprint density at radius 3 is 1.10 bits per heavy atom. The van der Waals surface area contributed by atoms with Crippen LogP contribution in [-0.2, 0) is 25.6 Å². The van der Waals surface area contributed by atoms with Crippen LogP contribution in [0.15, 0.2) is 60.7 Å². The van der Waals surface area contributed by atoms with Gasteiger partial charge in [0.1, 0.15) is 13.3 Å². The molecular weight excluding hydrogens is 508 g/mol.